The molecule has 1 fully saturated rings. The molecule has 1 aromatic carbocycles. The largest absolute Gasteiger partial charge is 0.478 e. The van der Waals surface area contributed by atoms with Gasteiger partial charge >= 0.3 is 12.1 Å². The Balaban J connectivity index is 2.40. The zero-order valence-corrected chi connectivity index (χ0v) is 12.0. The van der Waals surface area contributed by atoms with Gasteiger partial charge in [-0.1, -0.05) is 13.8 Å². The predicted octanol–water partition coefficient (Wildman–Crippen LogP) is 4.03. The average molecular weight is 301 g/mol. The van der Waals surface area contributed by atoms with Crippen LogP contribution in [-0.4, -0.2) is 24.2 Å². The molecular weight excluding hydrogens is 283 g/mol. The molecule has 1 aromatic rings. The maximum absolute atomic E-state index is 13.0. The van der Waals surface area contributed by atoms with E-state index < -0.39 is 23.3 Å². The molecule has 2 rings (SSSR count). The lowest BCUT2D eigenvalue weighted by Gasteiger charge is -2.39. The zero-order valence-electron chi connectivity index (χ0n) is 12.0. The van der Waals surface area contributed by atoms with E-state index in [0.717, 1.165) is 25.0 Å². The molecule has 1 aliphatic rings. The van der Waals surface area contributed by atoms with E-state index in [9.17, 15) is 18.0 Å². The Morgan fingerprint density at radius 1 is 1.33 bits per heavy atom. The van der Waals surface area contributed by atoms with Crippen LogP contribution < -0.4 is 4.90 Å². The van der Waals surface area contributed by atoms with Crippen LogP contribution in [0.4, 0.5) is 18.9 Å². The van der Waals surface area contributed by atoms with Gasteiger partial charge in [-0.05, 0) is 36.5 Å². The first-order valence-electron chi connectivity index (χ1n) is 6.80. The number of halogens is 3. The molecule has 0 amide bonds. The van der Waals surface area contributed by atoms with Crippen LogP contribution >= 0.6 is 0 Å². The molecule has 1 saturated heterocycles. The molecule has 0 bridgehead atoms. The first kappa shape index (κ1) is 15.7. The van der Waals surface area contributed by atoms with Crippen LogP contribution in [0.25, 0.3) is 0 Å². The van der Waals surface area contributed by atoms with Crippen molar-refractivity contribution >= 4 is 11.7 Å². The minimum absolute atomic E-state index is 0.0438. The number of benzene rings is 1. The molecule has 1 aliphatic heterocycles. The van der Waals surface area contributed by atoms with Crippen LogP contribution in [-0.2, 0) is 6.18 Å². The maximum Gasteiger partial charge on any atom is 0.417 e. The topological polar surface area (TPSA) is 40.5 Å². The van der Waals surface area contributed by atoms with E-state index in [1.807, 2.05) is 4.90 Å². The molecule has 1 heterocycles. The Kier molecular flexibility index (Phi) is 3.91. The van der Waals surface area contributed by atoms with Crippen LogP contribution in [0.1, 0.15) is 42.6 Å². The summed E-state index contributed by atoms with van der Waals surface area (Å²) in [4.78, 5) is 12.8. The monoisotopic (exact) mass is 301 g/mol. The van der Waals surface area contributed by atoms with Crippen molar-refractivity contribution in [1.82, 2.24) is 0 Å². The number of hydrogen-bond donors (Lipinski definition) is 1. The van der Waals surface area contributed by atoms with Gasteiger partial charge in [0.2, 0.25) is 0 Å². The van der Waals surface area contributed by atoms with Crippen molar-refractivity contribution in [1.29, 1.82) is 0 Å². The highest BCUT2D eigenvalue weighted by Gasteiger charge is 2.36. The van der Waals surface area contributed by atoms with Crippen molar-refractivity contribution < 1.29 is 23.1 Å². The van der Waals surface area contributed by atoms with Crippen molar-refractivity contribution in [3.05, 3.63) is 29.3 Å². The van der Waals surface area contributed by atoms with E-state index in [2.05, 4.69) is 13.8 Å². The van der Waals surface area contributed by atoms with Gasteiger partial charge < -0.3 is 10.0 Å². The smallest absolute Gasteiger partial charge is 0.417 e. The molecule has 0 aliphatic carbocycles. The van der Waals surface area contributed by atoms with Crippen LogP contribution in [0.2, 0.25) is 0 Å². The number of rotatable bonds is 2. The fraction of sp³-hybridized carbons (Fsp3) is 0.533. The molecule has 3 nitrogen and oxygen atoms in total. The fourth-order valence-electron chi connectivity index (χ4n) is 2.79. The van der Waals surface area contributed by atoms with E-state index in [1.165, 1.54) is 6.07 Å². The second-order valence-electron chi connectivity index (χ2n) is 6.22. The fourth-order valence-corrected chi connectivity index (χ4v) is 2.79. The quantitative estimate of drug-likeness (QED) is 0.896. The van der Waals surface area contributed by atoms with Crippen molar-refractivity contribution in [2.75, 3.05) is 18.0 Å². The maximum atomic E-state index is 13.0. The Hall–Kier alpha value is -1.72. The van der Waals surface area contributed by atoms with Gasteiger partial charge in [0.05, 0.1) is 11.1 Å². The predicted molar refractivity (Wildman–Crippen MR) is 73.6 cm³/mol. The van der Waals surface area contributed by atoms with E-state index in [-0.39, 0.29) is 5.41 Å². The highest BCUT2D eigenvalue weighted by molar-refractivity contribution is 5.90. The number of carboxylic acid groups (broad SMARTS) is 1. The Morgan fingerprint density at radius 3 is 2.52 bits per heavy atom. The standard InChI is InChI=1S/C15H18F3NO2/c1-14(2)6-3-7-19(9-14)10-4-5-11(13(20)21)12(8-10)15(16,17)18/h4-5,8H,3,6-7,9H2,1-2H3,(H,20,21). The first-order valence-corrected chi connectivity index (χ1v) is 6.80. The summed E-state index contributed by atoms with van der Waals surface area (Å²) in [6.07, 6.45) is -2.73. The van der Waals surface area contributed by atoms with Gasteiger partial charge in [0.1, 0.15) is 0 Å². The molecule has 0 saturated carbocycles. The SMILES string of the molecule is CC1(C)CCCN(c2ccc(C(=O)O)c(C(F)(F)F)c2)C1. The zero-order chi connectivity index (χ0) is 15.8. The van der Waals surface area contributed by atoms with E-state index in [1.54, 1.807) is 0 Å². The number of piperidine rings is 1. The molecule has 1 N–H and O–H groups in total. The third-order valence-corrected chi connectivity index (χ3v) is 3.80. The van der Waals surface area contributed by atoms with Crippen molar-refractivity contribution in [2.24, 2.45) is 5.41 Å². The molecule has 116 valence electrons. The van der Waals surface area contributed by atoms with Gasteiger partial charge in [0.25, 0.3) is 0 Å². The van der Waals surface area contributed by atoms with Crippen molar-refractivity contribution in [2.45, 2.75) is 32.9 Å². The molecule has 0 aromatic heterocycles. The van der Waals surface area contributed by atoms with Crippen LogP contribution in [0.5, 0.6) is 0 Å². The Morgan fingerprint density at radius 2 is 2.00 bits per heavy atom. The number of carbonyl (C=O) groups is 1. The molecule has 0 unspecified atom stereocenters. The molecule has 0 spiro atoms. The number of hydrogen-bond acceptors (Lipinski definition) is 2. The lowest BCUT2D eigenvalue weighted by molar-refractivity contribution is -0.138. The minimum Gasteiger partial charge on any atom is -0.478 e. The number of carboxylic acids is 1. The first-order chi connectivity index (χ1) is 9.60. The highest BCUT2D eigenvalue weighted by atomic mass is 19.4. The van der Waals surface area contributed by atoms with Crippen LogP contribution in [0.3, 0.4) is 0 Å². The van der Waals surface area contributed by atoms with Crippen molar-refractivity contribution in [3.8, 4) is 0 Å². The van der Waals surface area contributed by atoms with E-state index in [0.29, 0.717) is 18.8 Å². The average Bonchev–Trinajstić information content (AvgIpc) is 2.35. The van der Waals surface area contributed by atoms with Gasteiger partial charge in [-0.25, -0.2) is 4.79 Å². The van der Waals surface area contributed by atoms with E-state index >= 15 is 0 Å². The summed E-state index contributed by atoms with van der Waals surface area (Å²) in [6.45, 7) is 5.51. The Bertz CT molecular complexity index is 552. The lowest BCUT2D eigenvalue weighted by Crippen LogP contribution is -2.40. The van der Waals surface area contributed by atoms with Crippen LogP contribution in [0, 0.1) is 5.41 Å². The van der Waals surface area contributed by atoms with Gasteiger partial charge in [-0.3, -0.25) is 0 Å². The van der Waals surface area contributed by atoms with Gasteiger partial charge in [0, 0.05) is 18.8 Å². The highest BCUT2D eigenvalue weighted by Crippen LogP contribution is 2.37. The third-order valence-electron chi connectivity index (χ3n) is 3.80. The second kappa shape index (κ2) is 5.24. The second-order valence-corrected chi connectivity index (χ2v) is 6.22. The van der Waals surface area contributed by atoms with Crippen LogP contribution in [0.15, 0.2) is 18.2 Å². The number of nitrogens with zero attached hydrogens (tertiary/aromatic N) is 1. The third kappa shape index (κ3) is 3.49. The van der Waals surface area contributed by atoms with Gasteiger partial charge in [-0.2, -0.15) is 13.2 Å². The Labute approximate surface area is 121 Å². The molecule has 0 atom stereocenters. The number of aromatic carboxylic acids is 1. The van der Waals surface area contributed by atoms with E-state index in [4.69, 9.17) is 5.11 Å². The summed E-state index contributed by atoms with van der Waals surface area (Å²) in [5.41, 5.74) is -1.32. The molecule has 21 heavy (non-hydrogen) atoms. The summed E-state index contributed by atoms with van der Waals surface area (Å²) in [5.74, 6) is -1.56. The lowest BCUT2D eigenvalue weighted by atomic mass is 9.84. The van der Waals surface area contributed by atoms with Gasteiger partial charge in [-0.15, -0.1) is 0 Å². The normalized spacial score (nSPS) is 18.6. The summed E-state index contributed by atoms with van der Waals surface area (Å²) in [7, 11) is 0. The molecular formula is C15H18F3NO2. The number of anilines is 1. The summed E-state index contributed by atoms with van der Waals surface area (Å²) in [5, 5.41) is 8.90. The summed E-state index contributed by atoms with van der Waals surface area (Å²) < 4.78 is 39.1. The van der Waals surface area contributed by atoms with Gasteiger partial charge in [0.15, 0.2) is 0 Å². The molecule has 0 radical (unpaired) electrons. The summed E-state index contributed by atoms with van der Waals surface area (Å²) >= 11 is 0. The minimum atomic E-state index is -4.67. The molecule has 6 heteroatoms. The van der Waals surface area contributed by atoms with Crippen molar-refractivity contribution in [3.63, 3.8) is 0 Å². The number of alkyl halides is 3. The summed E-state index contributed by atoms with van der Waals surface area (Å²) in [6, 6.07) is 3.45.